The van der Waals surface area contributed by atoms with Crippen molar-refractivity contribution in [1.82, 2.24) is 0 Å². The topological polar surface area (TPSA) is 43.4 Å². The highest BCUT2D eigenvalue weighted by atomic mass is 16.5. The minimum Gasteiger partial charge on any atom is -0.468 e. The van der Waals surface area contributed by atoms with E-state index in [1.54, 1.807) is 0 Å². The van der Waals surface area contributed by atoms with Gasteiger partial charge < -0.3 is 4.74 Å². The largest absolute Gasteiger partial charge is 0.468 e. The lowest BCUT2D eigenvalue weighted by atomic mass is 9.99. The molecule has 0 aromatic heterocycles. The molecule has 18 heavy (non-hydrogen) atoms. The van der Waals surface area contributed by atoms with Crippen LogP contribution in [-0.4, -0.2) is 18.9 Å². The summed E-state index contributed by atoms with van der Waals surface area (Å²) < 4.78 is 4.61. The van der Waals surface area contributed by atoms with Crippen LogP contribution in [0.1, 0.15) is 40.0 Å². The van der Waals surface area contributed by atoms with Crippen LogP contribution in [0, 0.1) is 12.8 Å². The summed E-state index contributed by atoms with van der Waals surface area (Å²) >= 11 is 0. The predicted molar refractivity (Wildman–Crippen MR) is 72.9 cm³/mol. The molecule has 3 nitrogen and oxygen atoms in total. The fourth-order valence-corrected chi connectivity index (χ4v) is 1.54. The molecule has 101 valence electrons. The summed E-state index contributed by atoms with van der Waals surface area (Å²) in [5.74, 6) is -1.28. The van der Waals surface area contributed by atoms with Gasteiger partial charge in [0.2, 0.25) is 0 Å². The van der Waals surface area contributed by atoms with Crippen LogP contribution in [0.3, 0.4) is 0 Å². The van der Waals surface area contributed by atoms with Crippen molar-refractivity contribution in [3.8, 4) is 0 Å². The van der Waals surface area contributed by atoms with Crippen LogP contribution in [-0.2, 0) is 14.3 Å². The lowest BCUT2D eigenvalue weighted by Gasteiger charge is -2.09. The number of rotatable bonds is 7. The molecule has 0 N–H and O–H groups in total. The molecule has 0 fully saturated rings. The van der Waals surface area contributed by atoms with E-state index in [1.807, 2.05) is 19.9 Å². The summed E-state index contributed by atoms with van der Waals surface area (Å²) in [6, 6.07) is 0. The van der Waals surface area contributed by atoms with Crippen LogP contribution in [0.2, 0.25) is 0 Å². The van der Waals surface area contributed by atoms with E-state index in [-0.39, 0.29) is 5.78 Å². The van der Waals surface area contributed by atoms with E-state index in [1.165, 1.54) is 19.6 Å². The van der Waals surface area contributed by atoms with Gasteiger partial charge in [-0.05, 0) is 47.0 Å². The standard InChI is InChI=1S/C15H23O3/c1-11(2)7-6-8-12(3)9-10-14(13(4)16)15(17)18-5/h7,9,14H,1,6,8,10H2,2-5H3. The Labute approximate surface area is 110 Å². The van der Waals surface area contributed by atoms with Gasteiger partial charge >= 0.3 is 5.97 Å². The first kappa shape index (κ1) is 16.6. The number of ketones is 1. The molecule has 0 bridgehead atoms. The molecule has 0 aromatic rings. The second-order valence-corrected chi connectivity index (χ2v) is 4.56. The fraction of sp³-hybridized carbons (Fsp3) is 0.533. The van der Waals surface area contributed by atoms with Gasteiger partial charge in [-0.15, -0.1) is 0 Å². The highest BCUT2D eigenvalue weighted by Gasteiger charge is 2.22. The summed E-state index contributed by atoms with van der Waals surface area (Å²) in [6.07, 6.45) is 6.27. The second kappa shape index (κ2) is 8.67. The number of allylic oxidation sites excluding steroid dienone is 4. The number of carbonyl (C=O) groups excluding carboxylic acids is 2. The number of hydrogen-bond donors (Lipinski definition) is 0. The molecule has 1 radical (unpaired) electrons. The molecule has 0 rings (SSSR count). The van der Waals surface area contributed by atoms with E-state index < -0.39 is 11.9 Å². The summed E-state index contributed by atoms with van der Waals surface area (Å²) in [4.78, 5) is 22.7. The maximum absolute atomic E-state index is 11.4. The Morgan fingerprint density at radius 1 is 1.22 bits per heavy atom. The van der Waals surface area contributed by atoms with Crippen LogP contribution in [0.15, 0.2) is 23.3 Å². The van der Waals surface area contributed by atoms with E-state index >= 15 is 0 Å². The lowest BCUT2D eigenvalue weighted by molar-refractivity contribution is -0.148. The van der Waals surface area contributed by atoms with Crippen molar-refractivity contribution in [3.63, 3.8) is 0 Å². The number of esters is 1. The number of methoxy groups -OCH3 is 1. The second-order valence-electron chi connectivity index (χ2n) is 4.56. The van der Waals surface area contributed by atoms with Gasteiger partial charge in [0, 0.05) is 0 Å². The van der Waals surface area contributed by atoms with E-state index in [0.717, 1.165) is 18.4 Å². The third-order valence-electron chi connectivity index (χ3n) is 2.71. The number of Topliss-reactive ketones (excluding diaryl/α,β-unsaturated/α-hetero) is 1. The molecule has 1 atom stereocenters. The van der Waals surface area contributed by atoms with Crippen molar-refractivity contribution in [3.05, 3.63) is 30.2 Å². The quantitative estimate of drug-likeness (QED) is 0.396. The maximum atomic E-state index is 11.4. The molecule has 0 aliphatic rings. The molecule has 0 spiro atoms. The number of carbonyl (C=O) groups is 2. The normalized spacial score (nSPS) is 14.3. The van der Waals surface area contributed by atoms with E-state index in [9.17, 15) is 9.59 Å². The molecule has 0 aromatic carbocycles. The van der Waals surface area contributed by atoms with Crippen LogP contribution in [0.25, 0.3) is 0 Å². The zero-order valence-electron chi connectivity index (χ0n) is 11.8. The summed E-state index contributed by atoms with van der Waals surface area (Å²) in [6.45, 7) is 9.18. The van der Waals surface area contributed by atoms with Gasteiger partial charge in [-0.3, -0.25) is 9.59 Å². The molecular weight excluding hydrogens is 228 g/mol. The van der Waals surface area contributed by atoms with Gasteiger partial charge in [-0.2, -0.15) is 0 Å². The van der Waals surface area contributed by atoms with E-state index in [0.29, 0.717) is 6.42 Å². The van der Waals surface area contributed by atoms with E-state index in [4.69, 9.17) is 0 Å². The Morgan fingerprint density at radius 2 is 1.83 bits per heavy atom. The molecular formula is C15H23O3. The lowest BCUT2D eigenvalue weighted by Crippen LogP contribution is -2.22. The molecule has 0 heterocycles. The minimum atomic E-state index is -0.671. The Hall–Kier alpha value is -1.38. The van der Waals surface area contributed by atoms with Gasteiger partial charge in [0.15, 0.2) is 0 Å². The third kappa shape index (κ3) is 7.05. The van der Waals surface area contributed by atoms with Crippen molar-refractivity contribution in [2.75, 3.05) is 7.11 Å². The van der Waals surface area contributed by atoms with Crippen molar-refractivity contribution < 1.29 is 14.3 Å². The summed E-state index contributed by atoms with van der Waals surface area (Å²) in [7, 11) is 1.30. The zero-order chi connectivity index (χ0) is 14.1. The van der Waals surface area contributed by atoms with Gasteiger partial charge in [-0.1, -0.05) is 23.3 Å². The minimum absolute atomic E-state index is 0.153. The molecule has 0 saturated heterocycles. The Balaban J connectivity index is 4.36. The third-order valence-corrected chi connectivity index (χ3v) is 2.71. The smallest absolute Gasteiger partial charge is 0.316 e. The van der Waals surface area contributed by atoms with Crippen molar-refractivity contribution in [1.29, 1.82) is 0 Å². The Morgan fingerprint density at radius 3 is 2.28 bits per heavy atom. The Bertz CT molecular complexity index is 347. The summed E-state index contributed by atoms with van der Waals surface area (Å²) in [5.41, 5.74) is 2.22. The fourth-order valence-electron chi connectivity index (χ4n) is 1.54. The first-order chi connectivity index (χ1) is 8.38. The van der Waals surface area contributed by atoms with Crippen LogP contribution >= 0.6 is 0 Å². The average molecular weight is 251 g/mol. The van der Waals surface area contributed by atoms with Crippen LogP contribution < -0.4 is 0 Å². The monoisotopic (exact) mass is 251 g/mol. The molecule has 1 unspecified atom stereocenters. The summed E-state index contributed by atoms with van der Waals surface area (Å²) in [5, 5.41) is 0. The van der Waals surface area contributed by atoms with Crippen molar-refractivity contribution in [2.45, 2.75) is 40.0 Å². The highest BCUT2D eigenvalue weighted by Crippen LogP contribution is 2.13. The first-order valence-electron chi connectivity index (χ1n) is 6.11. The van der Waals surface area contributed by atoms with Gasteiger partial charge in [0.05, 0.1) is 7.11 Å². The van der Waals surface area contributed by atoms with Gasteiger partial charge in [0.25, 0.3) is 0 Å². The predicted octanol–water partition coefficient (Wildman–Crippen LogP) is 3.26. The molecule has 0 aliphatic carbocycles. The maximum Gasteiger partial charge on any atom is 0.316 e. The Kier molecular flexibility index (Phi) is 8.01. The molecule has 0 amide bonds. The first-order valence-corrected chi connectivity index (χ1v) is 6.11. The molecule has 0 aliphatic heterocycles. The van der Waals surface area contributed by atoms with Crippen LogP contribution in [0.4, 0.5) is 0 Å². The highest BCUT2D eigenvalue weighted by molar-refractivity contribution is 5.97. The van der Waals surface area contributed by atoms with Crippen molar-refractivity contribution >= 4 is 11.8 Å². The van der Waals surface area contributed by atoms with Crippen LogP contribution in [0.5, 0.6) is 0 Å². The SMILES string of the molecule is [CH2]C(C)=CCCC(C)=CCC(C(C)=O)C(=O)OC. The zero-order valence-corrected chi connectivity index (χ0v) is 11.8. The van der Waals surface area contributed by atoms with Gasteiger partial charge in [0.1, 0.15) is 11.7 Å². The molecule has 3 heteroatoms. The van der Waals surface area contributed by atoms with E-state index in [2.05, 4.69) is 17.7 Å². The number of ether oxygens (including phenoxy) is 1. The number of hydrogen-bond acceptors (Lipinski definition) is 3. The average Bonchev–Trinajstić information content (AvgIpc) is 2.27. The van der Waals surface area contributed by atoms with Crippen molar-refractivity contribution in [2.24, 2.45) is 5.92 Å². The van der Waals surface area contributed by atoms with Gasteiger partial charge in [-0.25, -0.2) is 0 Å². The molecule has 0 saturated carbocycles.